The Balaban J connectivity index is 0. The van der Waals surface area contributed by atoms with Crippen LogP contribution in [0.25, 0.3) is 0 Å². The van der Waals surface area contributed by atoms with E-state index in [1.54, 1.807) is 0 Å². The van der Waals surface area contributed by atoms with E-state index in [0.29, 0.717) is 0 Å². The van der Waals surface area contributed by atoms with Gasteiger partial charge in [0.05, 0.1) is 19.3 Å². The van der Waals surface area contributed by atoms with Crippen LogP contribution in [0.4, 0.5) is 0 Å². The lowest BCUT2D eigenvalue weighted by atomic mass is 10.0. The van der Waals surface area contributed by atoms with Gasteiger partial charge in [-0.3, -0.25) is 0 Å². The van der Waals surface area contributed by atoms with Crippen LogP contribution >= 0.6 is 0 Å². The van der Waals surface area contributed by atoms with E-state index in [4.69, 9.17) is 51.1 Å². The topological polar surface area (TPSA) is 219 Å². The fraction of sp³-hybridized carbons (Fsp3) is 0.917. The number of hydrogen-bond donors (Lipinski definition) is 10. The molecule has 0 spiro atoms. The smallest absolute Gasteiger partial charge is 0.151 e. The Morgan fingerprint density at radius 2 is 1.04 bits per heavy atom. The van der Waals surface area contributed by atoms with Crippen LogP contribution in [0, 0.1) is 0 Å². The minimum absolute atomic E-state index is 0.0935. The van der Waals surface area contributed by atoms with Gasteiger partial charge in [-0.25, -0.2) is 0 Å². The second-order valence-corrected chi connectivity index (χ2v) is 4.83. The SMILES string of the molecule is C[C@H](O)[C@H](O)[C@@H](O)[C@@H](O)C=O.OC[C@@H](O)[C@@H](O)[C@H](O)[C@H](O)CO. The van der Waals surface area contributed by atoms with E-state index < -0.39 is 62.0 Å². The van der Waals surface area contributed by atoms with Crippen molar-refractivity contribution in [3.05, 3.63) is 0 Å². The fourth-order valence-electron chi connectivity index (χ4n) is 1.24. The molecule has 0 aromatic heterocycles. The molecule has 0 aliphatic rings. The molecule has 0 aliphatic heterocycles. The van der Waals surface area contributed by atoms with Crippen LogP contribution < -0.4 is 0 Å². The highest BCUT2D eigenvalue weighted by Crippen LogP contribution is 2.04. The van der Waals surface area contributed by atoms with E-state index in [9.17, 15) is 4.79 Å². The second-order valence-electron chi connectivity index (χ2n) is 4.83. The van der Waals surface area contributed by atoms with Gasteiger partial charge in [-0.05, 0) is 6.92 Å². The van der Waals surface area contributed by atoms with Crippen LogP contribution in [0.5, 0.6) is 0 Å². The Bertz CT molecular complexity index is 287. The molecule has 0 aromatic carbocycles. The summed E-state index contributed by atoms with van der Waals surface area (Å²) in [5, 5.41) is 87.3. The lowest BCUT2D eigenvalue weighted by Crippen LogP contribution is -2.46. The van der Waals surface area contributed by atoms with Gasteiger partial charge in [-0.1, -0.05) is 0 Å². The molecule has 0 fully saturated rings. The van der Waals surface area contributed by atoms with Crippen LogP contribution in [-0.4, -0.2) is 119 Å². The predicted octanol–water partition coefficient (Wildman–Crippen LogP) is -5.94. The standard InChI is InChI=1S/C6H14O6.C6H12O5/c7-1-3(9)5(11)6(12)4(10)2-8;1-3(8)5(10)6(11)4(9)2-7/h3-12H,1-2H2;2-6,8-11H,1H3/t2*3-,4-,5-,6-/m10/s1. The molecule has 8 atom stereocenters. The fourth-order valence-corrected chi connectivity index (χ4v) is 1.24. The summed E-state index contributed by atoms with van der Waals surface area (Å²) in [6, 6.07) is 0. The highest BCUT2D eigenvalue weighted by Gasteiger charge is 2.29. The third kappa shape index (κ3) is 9.22. The molecule has 0 aliphatic carbocycles. The number of rotatable bonds is 9. The summed E-state index contributed by atoms with van der Waals surface area (Å²) in [7, 11) is 0. The molecule has 0 heterocycles. The van der Waals surface area contributed by atoms with Crippen molar-refractivity contribution < 1.29 is 55.9 Å². The molecular weight excluding hydrogens is 320 g/mol. The molecule has 23 heavy (non-hydrogen) atoms. The summed E-state index contributed by atoms with van der Waals surface area (Å²) < 4.78 is 0. The molecule has 0 bridgehead atoms. The second kappa shape index (κ2) is 12.7. The summed E-state index contributed by atoms with van der Waals surface area (Å²) in [5.74, 6) is 0. The van der Waals surface area contributed by atoms with Crippen LogP contribution in [0.2, 0.25) is 0 Å². The van der Waals surface area contributed by atoms with E-state index in [1.807, 2.05) is 0 Å². The van der Waals surface area contributed by atoms with Crippen LogP contribution in [0.15, 0.2) is 0 Å². The van der Waals surface area contributed by atoms with Crippen molar-refractivity contribution in [2.45, 2.75) is 55.8 Å². The minimum atomic E-state index is -1.67. The number of aliphatic hydroxyl groups is 10. The van der Waals surface area contributed by atoms with E-state index in [-0.39, 0.29) is 6.29 Å². The summed E-state index contributed by atoms with van der Waals surface area (Å²) in [6.45, 7) is -0.210. The van der Waals surface area contributed by atoms with Gasteiger partial charge in [0.15, 0.2) is 6.29 Å². The normalized spacial score (nSPS) is 21.7. The zero-order valence-corrected chi connectivity index (χ0v) is 12.5. The van der Waals surface area contributed by atoms with Gasteiger partial charge < -0.3 is 55.9 Å². The van der Waals surface area contributed by atoms with E-state index >= 15 is 0 Å². The van der Waals surface area contributed by atoms with Crippen molar-refractivity contribution in [2.75, 3.05) is 13.2 Å². The number of aliphatic hydroxyl groups excluding tert-OH is 10. The van der Waals surface area contributed by atoms with Crippen LogP contribution in [0.3, 0.4) is 0 Å². The van der Waals surface area contributed by atoms with Gasteiger partial charge in [0.2, 0.25) is 0 Å². The molecule has 0 saturated carbocycles. The van der Waals surface area contributed by atoms with Crippen LogP contribution in [0.1, 0.15) is 6.92 Å². The average molecular weight is 346 g/mol. The number of carbonyl (C=O) groups is 1. The molecular formula is C12H26O11. The minimum Gasteiger partial charge on any atom is -0.394 e. The molecule has 140 valence electrons. The summed E-state index contributed by atoms with van der Waals surface area (Å²) in [5.41, 5.74) is 0. The zero-order chi connectivity index (χ0) is 18.7. The maximum atomic E-state index is 9.87. The van der Waals surface area contributed by atoms with E-state index in [0.717, 1.165) is 0 Å². The highest BCUT2D eigenvalue weighted by atomic mass is 16.4. The number of hydrogen-bond acceptors (Lipinski definition) is 11. The Hall–Kier alpha value is -0.730. The maximum Gasteiger partial charge on any atom is 0.151 e. The van der Waals surface area contributed by atoms with E-state index in [2.05, 4.69) is 0 Å². The molecule has 0 rings (SSSR count). The third-order valence-corrected chi connectivity index (χ3v) is 2.85. The average Bonchev–Trinajstić information content (AvgIpc) is 2.56. The summed E-state index contributed by atoms with van der Waals surface area (Å²) in [6.07, 6.45) is -12.3. The highest BCUT2D eigenvalue weighted by molar-refractivity contribution is 5.56. The molecule has 0 aromatic rings. The van der Waals surface area contributed by atoms with Gasteiger partial charge in [-0.15, -0.1) is 0 Å². The van der Waals surface area contributed by atoms with E-state index in [1.165, 1.54) is 6.92 Å². The van der Waals surface area contributed by atoms with Gasteiger partial charge in [0.1, 0.15) is 42.7 Å². The van der Waals surface area contributed by atoms with Gasteiger partial charge in [0, 0.05) is 0 Å². The first-order chi connectivity index (χ1) is 10.5. The molecule has 11 heteroatoms. The molecule has 10 N–H and O–H groups in total. The molecule has 0 saturated heterocycles. The Morgan fingerprint density at radius 3 is 1.26 bits per heavy atom. The molecule has 11 nitrogen and oxygen atoms in total. The lowest BCUT2D eigenvalue weighted by Gasteiger charge is -2.24. The predicted molar refractivity (Wildman–Crippen MR) is 74.0 cm³/mol. The number of carbonyl (C=O) groups excluding carboxylic acids is 1. The van der Waals surface area contributed by atoms with Crippen molar-refractivity contribution in [2.24, 2.45) is 0 Å². The monoisotopic (exact) mass is 346 g/mol. The summed E-state index contributed by atoms with van der Waals surface area (Å²) >= 11 is 0. The maximum absolute atomic E-state index is 9.87. The van der Waals surface area contributed by atoms with Gasteiger partial charge in [-0.2, -0.15) is 0 Å². The summed E-state index contributed by atoms with van der Waals surface area (Å²) in [4.78, 5) is 9.87. The Morgan fingerprint density at radius 1 is 0.696 bits per heavy atom. The first-order valence-corrected chi connectivity index (χ1v) is 6.66. The number of aldehydes is 1. The quantitative estimate of drug-likeness (QED) is 0.177. The molecule has 0 unspecified atom stereocenters. The van der Waals surface area contributed by atoms with Crippen LogP contribution in [-0.2, 0) is 4.79 Å². The lowest BCUT2D eigenvalue weighted by molar-refractivity contribution is -0.132. The Kier molecular flexibility index (Phi) is 13.5. The largest absolute Gasteiger partial charge is 0.394 e. The molecule has 0 amide bonds. The van der Waals surface area contributed by atoms with Gasteiger partial charge >= 0.3 is 0 Å². The first-order valence-electron chi connectivity index (χ1n) is 6.66. The van der Waals surface area contributed by atoms with Crippen molar-refractivity contribution in [3.63, 3.8) is 0 Å². The van der Waals surface area contributed by atoms with Crippen molar-refractivity contribution in [1.29, 1.82) is 0 Å². The zero-order valence-electron chi connectivity index (χ0n) is 12.5. The molecule has 0 radical (unpaired) electrons. The van der Waals surface area contributed by atoms with Crippen molar-refractivity contribution in [3.8, 4) is 0 Å². The first kappa shape index (κ1) is 24.5. The third-order valence-electron chi connectivity index (χ3n) is 2.85. The van der Waals surface area contributed by atoms with Gasteiger partial charge in [0.25, 0.3) is 0 Å². The Labute approximate surface area is 132 Å². The van der Waals surface area contributed by atoms with Crippen molar-refractivity contribution in [1.82, 2.24) is 0 Å². The van der Waals surface area contributed by atoms with Crippen molar-refractivity contribution >= 4 is 6.29 Å².